The highest BCUT2D eigenvalue weighted by atomic mass is 16.5. The Labute approximate surface area is 175 Å². The van der Waals surface area contributed by atoms with E-state index in [1.165, 1.54) is 6.26 Å². The molecule has 4 aromatic rings. The predicted octanol–water partition coefficient (Wildman–Crippen LogP) is 4.63. The molecule has 2 aromatic heterocycles. The summed E-state index contributed by atoms with van der Waals surface area (Å²) in [6.45, 7) is 2.14. The van der Waals surface area contributed by atoms with Gasteiger partial charge in [0.15, 0.2) is 5.76 Å². The Hall–Kier alpha value is -3.51. The van der Waals surface area contributed by atoms with Crippen molar-refractivity contribution >= 4 is 22.5 Å². The molecule has 0 radical (unpaired) electrons. The Morgan fingerprint density at radius 1 is 1.10 bits per heavy atom. The van der Waals surface area contributed by atoms with E-state index in [4.69, 9.17) is 9.15 Å². The number of hydrogen-bond acceptors (Lipinski definition) is 4. The lowest BCUT2D eigenvalue weighted by molar-refractivity contribution is 0.0993. The summed E-state index contributed by atoms with van der Waals surface area (Å²) >= 11 is 0. The summed E-state index contributed by atoms with van der Waals surface area (Å²) in [6.07, 6.45) is 3.58. The molecule has 6 heteroatoms. The number of para-hydroxylation sites is 1. The molecule has 0 unspecified atom stereocenters. The standard InChI is InChI=1S/C24H25N3O3/c1-26(2)13-14-27-12-10-18-16-20(8-9-22(18)27)25-24(28)23-19(11-15-29-23)17-30-21-6-4-3-5-7-21/h3-12,15-16H,13-14,17H2,1-2H3,(H,25,28). The van der Waals surface area contributed by atoms with Crippen molar-refractivity contribution in [2.75, 3.05) is 26.0 Å². The lowest BCUT2D eigenvalue weighted by Crippen LogP contribution is -2.17. The quantitative estimate of drug-likeness (QED) is 0.466. The smallest absolute Gasteiger partial charge is 0.291 e. The van der Waals surface area contributed by atoms with Crippen LogP contribution in [0.5, 0.6) is 5.75 Å². The molecule has 0 spiro atoms. The zero-order valence-electron chi connectivity index (χ0n) is 17.2. The summed E-state index contributed by atoms with van der Waals surface area (Å²) in [5.41, 5.74) is 2.57. The van der Waals surface area contributed by atoms with E-state index >= 15 is 0 Å². The van der Waals surface area contributed by atoms with E-state index in [2.05, 4.69) is 41.1 Å². The van der Waals surface area contributed by atoms with Gasteiger partial charge < -0.3 is 23.9 Å². The van der Waals surface area contributed by atoms with Gasteiger partial charge in [0.05, 0.1) is 6.26 Å². The van der Waals surface area contributed by atoms with Crippen molar-refractivity contribution in [2.24, 2.45) is 0 Å². The molecule has 0 bridgehead atoms. The number of likely N-dealkylation sites (N-methyl/N-ethyl adjacent to an activating group) is 1. The van der Waals surface area contributed by atoms with Gasteiger partial charge in [-0.15, -0.1) is 0 Å². The number of fused-ring (bicyclic) bond motifs is 1. The van der Waals surface area contributed by atoms with Crippen molar-refractivity contribution < 1.29 is 13.9 Å². The number of benzene rings is 2. The van der Waals surface area contributed by atoms with E-state index in [9.17, 15) is 4.79 Å². The molecule has 2 heterocycles. The first-order valence-electron chi connectivity index (χ1n) is 9.89. The van der Waals surface area contributed by atoms with Crippen LogP contribution < -0.4 is 10.1 Å². The van der Waals surface area contributed by atoms with Gasteiger partial charge in [-0.25, -0.2) is 0 Å². The van der Waals surface area contributed by atoms with Crippen LogP contribution in [0.15, 0.2) is 77.5 Å². The van der Waals surface area contributed by atoms with Crippen molar-refractivity contribution in [3.05, 3.63) is 84.4 Å². The van der Waals surface area contributed by atoms with Gasteiger partial charge in [-0.1, -0.05) is 18.2 Å². The van der Waals surface area contributed by atoms with Gasteiger partial charge in [-0.05, 0) is 56.6 Å². The molecule has 0 aliphatic rings. The van der Waals surface area contributed by atoms with Gasteiger partial charge in [0.1, 0.15) is 12.4 Å². The fourth-order valence-electron chi connectivity index (χ4n) is 3.29. The van der Waals surface area contributed by atoms with E-state index in [0.29, 0.717) is 5.56 Å². The monoisotopic (exact) mass is 403 g/mol. The Kier molecular flexibility index (Phi) is 5.86. The first-order valence-corrected chi connectivity index (χ1v) is 9.89. The number of carbonyl (C=O) groups excluding carboxylic acids is 1. The van der Waals surface area contributed by atoms with Crippen molar-refractivity contribution in [1.82, 2.24) is 9.47 Å². The molecule has 30 heavy (non-hydrogen) atoms. The van der Waals surface area contributed by atoms with Crippen LogP contribution in [0.2, 0.25) is 0 Å². The van der Waals surface area contributed by atoms with Gasteiger partial charge in [0.25, 0.3) is 5.91 Å². The fourth-order valence-corrected chi connectivity index (χ4v) is 3.29. The van der Waals surface area contributed by atoms with Crippen LogP contribution in [0.3, 0.4) is 0 Å². The van der Waals surface area contributed by atoms with Crippen molar-refractivity contribution in [2.45, 2.75) is 13.2 Å². The maximum absolute atomic E-state index is 12.8. The second kappa shape index (κ2) is 8.88. The van der Waals surface area contributed by atoms with Crippen LogP contribution in [0, 0.1) is 0 Å². The number of anilines is 1. The summed E-state index contributed by atoms with van der Waals surface area (Å²) in [7, 11) is 4.13. The van der Waals surface area contributed by atoms with Crippen molar-refractivity contribution in [1.29, 1.82) is 0 Å². The summed E-state index contributed by atoms with van der Waals surface area (Å²) in [5.74, 6) is 0.710. The lowest BCUT2D eigenvalue weighted by Gasteiger charge is -2.11. The van der Waals surface area contributed by atoms with Gasteiger partial charge in [-0.3, -0.25) is 4.79 Å². The number of furan rings is 1. The number of carbonyl (C=O) groups is 1. The highest BCUT2D eigenvalue weighted by Crippen LogP contribution is 2.22. The Balaban J connectivity index is 1.44. The first-order chi connectivity index (χ1) is 14.6. The molecule has 0 fully saturated rings. The van der Waals surface area contributed by atoms with E-state index in [0.717, 1.165) is 35.4 Å². The average molecular weight is 403 g/mol. The third-order valence-corrected chi connectivity index (χ3v) is 4.91. The SMILES string of the molecule is CN(C)CCn1ccc2cc(NC(=O)c3occc3COc3ccccc3)ccc21. The molecule has 0 saturated heterocycles. The van der Waals surface area contributed by atoms with Crippen molar-refractivity contribution in [3.63, 3.8) is 0 Å². The number of hydrogen-bond donors (Lipinski definition) is 1. The van der Waals surface area contributed by atoms with E-state index < -0.39 is 0 Å². The molecule has 0 atom stereocenters. The molecule has 0 aliphatic carbocycles. The van der Waals surface area contributed by atoms with Crippen LogP contribution in [-0.4, -0.2) is 36.0 Å². The molecule has 1 N–H and O–H groups in total. The minimum atomic E-state index is -0.293. The number of ether oxygens (including phenoxy) is 1. The summed E-state index contributed by atoms with van der Waals surface area (Å²) in [5, 5.41) is 4.01. The van der Waals surface area contributed by atoms with Gasteiger partial charge >= 0.3 is 0 Å². The Morgan fingerprint density at radius 3 is 2.73 bits per heavy atom. The third-order valence-electron chi connectivity index (χ3n) is 4.91. The summed E-state index contributed by atoms with van der Waals surface area (Å²) in [4.78, 5) is 14.9. The number of nitrogens with zero attached hydrogens (tertiary/aromatic N) is 2. The molecule has 2 aromatic carbocycles. The number of rotatable bonds is 8. The zero-order chi connectivity index (χ0) is 20.9. The van der Waals surface area contributed by atoms with Crippen LogP contribution in [0.4, 0.5) is 5.69 Å². The molecule has 0 saturated carbocycles. The van der Waals surface area contributed by atoms with Crippen LogP contribution in [-0.2, 0) is 13.2 Å². The molecular weight excluding hydrogens is 378 g/mol. The largest absolute Gasteiger partial charge is 0.489 e. The van der Waals surface area contributed by atoms with Gasteiger partial charge in [0, 0.05) is 41.4 Å². The maximum atomic E-state index is 12.8. The van der Waals surface area contributed by atoms with Crippen LogP contribution >= 0.6 is 0 Å². The molecule has 4 rings (SSSR count). The Bertz CT molecular complexity index is 1130. The van der Waals surface area contributed by atoms with Gasteiger partial charge in [0.2, 0.25) is 0 Å². The Morgan fingerprint density at radius 2 is 1.93 bits per heavy atom. The van der Waals surface area contributed by atoms with Crippen LogP contribution in [0.1, 0.15) is 16.1 Å². The zero-order valence-corrected chi connectivity index (χ0v) is 17.2. The van der Waals surface area contributed by atoms with E-state index in [1.54, 1.807) is 6.07 Å². The van der Waals surface area contributed by atoms with E-state index in [1.807, 2.05) is 48.5 Å². The highest BCUT2D eigenvalue weighted by Gasteiger charge is 2.16. The molecular formula is C24H25N3O3. The first kappa shape index (κ1) is 19.8. The fraction of sp³-hybridized carbons (Fsp3) is 0.208. The van der Waals surface area contributed by atoms with Crippen molar-refractivity contribution in [3.8, 4) is 5.75 Å². The predicted molar refractivity (Wildman–Crippen MR) is 118 cm³/mol. The second-order valence-electron chi connectivity index (χ2n) is 7.42. The minimum absolute atomic E-state index is 0.259. The highest BCUT2D eigenvalue weighted by molar-refractivity contribution is 6.04. The molecule has 6 nitrogen and oxygen atoms in total. The summed E-state index contributed by atoms with van der Waals surface area (Å²) < 4.78 is 13.4. The third kappa shape index (κ3) is 4.55. The molecule has 1 amide bonds. The summed E-state index contributed by atoms with van der Waals surface area (Å²) in [6, 6.07) is 19.2. The number of aromatic nitrogens is 1. The molecule has 0 aliphatic heterocycles. The topological polar surface area (TPSA) is 59.6 Å². The van der Waals surface area contributed by atoms with Gasteiger partial charge in [-0.2, -0.15) is 0 Å². The lowest BCUT2D eigenvalue weighted by atomic mass is 10.2. The van der Waals surface area contributed by atoms with E-state index in [-0.39, 0.29) is 18.3 Å². The van der Waals surface area contributed by atoms with Crippen LogP contribution in [0.25, 0.3) is 10.9 Å². The maximum Gasteiger partial charge on any atom is 0.291 e. The second-order valence-corrected chi connectivity index (χ2v) is 7.42. The number of amides is 1. The number of nitrogens with one attached hydrogen (secondary N) is 1. The molecule has 154 valence electrons. The normalized spacial score (nSPS) is 11.2. The average Bonchev–Trinajstić information content (AvgIpc) is 3.38. The minimum Gasteiger partial charge on any atom is -0.489 e.